The molecule has 1 aliphatic rings. The Kier molecular flexibility index (Phi) is 6.04. The van der Waals surface area contributed by atoms with Crippen LogP contribution in [-0.2, 0) is 27.5 Å². The molecule has 24 heavy (non-hydrogen) atoms. The van der Waals surface area contributed by atoms with Crippen molar-refractivity contribution in [3.8, 4) is 0 Å². The second-order valence-electron chi connectivity index (χ2n) is 6.59. The Balaban J connectivity index is 2.01. The number of hydrogen-bond acceptors (Lipinski definition) is 4. The van der Waals surface area contributed by atoms with Crippen LogP contribution in [0.3, 0.4) is 0 Å². The standard InChI is InChI=1S/C18H28N2O3S/c1-3-18(4-2,13-19)20-17(21)10-11-24(22,23)16-9-8-14-6-5-7-15(14)12-16/h8-9,12H,3-7,10-11,13,19H2,1-2H3,(H,20,21). The van der Waals surface area contributed by atoms with E-state index in [0.717, 1.165) is 37.7 Å². The average Bonchev–Trinajstić information content (AvgIpc) is 3.06. The number of carbonyl (C=O) groups is 1. The van der Waals surface area contributed by atoms with Gasteiger partial charge < -0.3 is 11.1 Å². The summed E-state index contributed by atoms with van der Waals surface area (Å²) in [6, 6.07) is 5.35. The first-order chi connectivity index (χ1) is 11.4. The Morgan fingerprint density at radius 1 is 1.21 bits per heavy atom. The van der Waals surface area contributed by atoms with Crippen LogP contribution in [0.25, 0.3) is 0 Å². The molecule has 0 aromatic heterocycles. The van der Waals surface area contributed by atoms with E-state index in [9.17, 15) is 13.2 Å². The number of aryl methyl sites for hydroxylation is 2. The second kappa shape index (κ2) is 7.66. The Morgan fingerprint density at radius 3 is 2.50 bits per heavy atom. The molecule has 0 spiro atoms. The average molecular weight is 353 g/mol. The van der Waals surface area contributed by atoms with Crippen molar-refractivity contribution < 1.29 is 13.2 Å². The minimum Gasteiger partial charge on any atom is -0.349 e. The SMILES string of the molecule is CCC(CC)(CN)NC(=O)CCS(=O)(=O)c1ccc2c(c1)CCC2. The maximum Gasteiger partial charge on any atom is 0.221 e. The zero-order chi connectivity index (χ0) is 17.8. The van der Waals surface area contributed by atoms with Crippen molar-refractivity contribution in [3.63, 3.8) is 0 Å². The van der Waals surface area contributed by atoms with Gasteiger partial charge in [0.1, 0.15) is 0 Å². The van der Waals surface area contributed by atoms with Crippen molar-refractivity contribution in [2.75, 3.05) is 12.3 Å². The number of fused-ring (bicyclic) bond motifs is 1. The van der Waals surface area contributed by atoms with E-state index in [-0.39, 0.29) is 18.1 Å². The molecule has 2 rings (SSSR count). The normalized spacial score (nSPS) is 14.5. The first kappa shape index (κ1) is 18.9. The van der Waals surface area contributed by atoms with Crippen molar-refractivity contribution in [1.29, 1.82) is 0 Å². The van der Waals surface area contributed by atoms with Crippen LogP contribution in [0.2, 0.25) is 0 Å². The van der Waals surface area contributed by atoms with Gasteiger partial charge in [0, 0.05) is 13.0 Å². The molecule has 6 heteroatoms. The molecule has 0 saturated carbocycles. The minimum absolute atomic E-state index is 0.0405. The number of nitrogens with one attached hydrogen (secondary N) is 1. The van der Waals surface area contributed by atoms with Gasteiger partial charge in [-0.1, -0.05) is 19.9 Å². The van der Waals surface area contributed by atoms with E-state index in [1.807, 2.05) is 19.9 Å². The number of nitrogens with two attached hydrogens (primary N) is 1. The van der Waals surface area contributed by atoms with Crippen LogP contribution in [0, 0.1) is 0 Å². The molecule has 0 unspecified atom stereocenters. The van der Waals surface area contributed by atoms with Crippen LogP contribution in [0.1, 0.15) is 50.7 Å². The third-order valence-electron chi connectivity index (χ3n) is 5.18. The molecule has 0 atom stereocenters. The lowest BCUT2D eigenvalue weighted by Crippen LogP contribution is -2.53. The highest BCUT2D eigenvalue weighted by Crippen LogP contribution is 2.25. The van der Waals surface area contributed by atoms with Crippen LogP contribution < -0.4 is 11.1 Å². The molecule has 0 bridgehead atoms. The number of carbonyl (C=O) groups excluding carboxylic acids is 1. The Hall–Kier alpha value is -1.40. The number of amides is 1. The summed E-state index contributed by atoms with van der Waals surface area (Å²) in [4.78, 5) is 12.5. The predicted octanol–water partition coefficient (Wildman–Crippen LogP) is 1.97. The van der Waals surface area contributed by atoms with Gasteiger partial charge in [-0.05, 0) is 55.4 Å². The van der Waals surface area contributed by atoms with E-state index in [1.54, 1.807) is 12.1 Å². The van der Waals surface area contributed by atoms with Gasteiger partial charge in [0.25, 0.3) is 0 Å². The van der Waals surface area contributed by atoms with Crippen LogP contribution >= 0.6 is 0 Å². The first-order valence-electron chi connectivity index (χ1n) is 8.71. The molecule has 3 N–H and O–H groups in total. The van der Waals surface area contributed by atoms with Gasteiger partial charge in [0.2, 0.25) is 5.91 Å². The Labute approximate surface area is 144 Å². The smallest absolute Gasteiger partial charge is 0.221 e. The quantitative estimate of drug-likeness (QED) is 0.748. The van der Waals surface area contributed by atoms with E-state index in [2.05, 4.69) is 5.32 Å². The molecule has 1 aromatic carbocycles. The summed E-state index contributed by atoms with van der Waals surface area (Å²) in [5.41, 5.74) is 7.70. The second-order valence-corrected chi connectivity index (χ2v) is 8.70. The van der Waals surface area contributed by atoms with Gasteiger partial charge in [-0.25, -0.2) is 8.42 Å². The molecular weight excluding hydrogens is 324 g/mol. The highest BCUT2D eigenvalue weighted by molar-refractivity contribution is 7.91. The van der Waals surface area contributed by atoms with Crippen molar-refractivity contribution in [3.05, 3.63) is 29.3 Å². The maximum atomic E-state index is 12.5. The summed E-state index contributed by atoms with van der Waals surface area (Å²) in [7, 11) is -3.44. The van der Waals surface area contributed by atoms with Crippen molar-refractivity contribution in [1.82, 2.24) is 5.32 Å². The van der Waals surface area contributed by atoms with E-state index < -0.39 is 15.4 Å². The molecule has 1 aromatic rings. The summed E-state index contributed by atoms with van der Waals surface area (Å²) >= 11 is 0. The van der Waals surface area contributed by atoms with Crippen molar-refractivity contribution in [2.45, 2.75) is 62.8 Å². The van der Waals surface area contributed by atoms with Crippen molar-refractivity contribution >= 4 is 15.7 Å². The fourth-order valence-corrected chi connectivity index (χ4v) is 4.50. The number of hydrogen-bond donors (Lipinski definition) is 2. The molecule has 0 radical (unpaired) electrons. The molecule has 0 saturated heterocycles. The molecule has 5 nitrogen and oxygen atoms in total. The van der Waals surface area contributed by atoms with Gasteiger partial charge in [0.05, 0.1) is 16.2 Å². The van der Waals surface area contributed by atoms with E-state index in [4.69, 9.17) is 5.73 Å². The van der Waals surface area contributed by atoms with Crippen LogP contribution in [0.15, 0.2) is 23.1 Å². The zero-order valence-corrected chi connectivity index (χ0v) is 15.4. The summed E-state index contributed by atoms with van der Waals surface area (Å²) < 4.78 is 25.0. The highest BCUT2D eigenvalue weighted by Gasteiger charge is 2.27. The molecule has 0 fully saturated rings. The summed E-state index contributed by atoms with van der Waals surface area (Å²) in [6.45, 7) is 4.29. The van der Waals surface area contributed by atoms with Crippen LogP contribution in [0.5, 0.6) is 0 Å². The van der Waals surface area contributed by atoms with E-state index in [1.165, 1.54) is 5.56 Å². The Bertz CT molecular complexity index is 686. The fourth-order valence-electron chi connectivity index (χ4n) is 3.21. The summed E-state index contributed by atoms with van der Waals surface area (Å²) in [5, 5.41) is 2.92. The highest BCUT2D eigenvalue weighted by atomic mass is 32.2. The molecule has 0 aliphatic heterocycles. The molecule has 0 heterocycles. The maximum absolute atomic E-state index is 12.5. The first-order valence-corrected chi connectivity index (χ1v) is 10.4. The van der Waals surface area contributed by atoms with Crippen LogP contribution in [0.4, 0.5) is 0 Å². The Morgan fingerprint density at radius 2 is 1.88 bits per heavy atom. The topological polar surface area (TPSA) is 89.3 Å². The van der Waals surface area contributed by atoms with Gasteiger partial charge in [-0.15, -0.1) is 0 Å². The van der Waals surface area contributed by atoms with E-state index in [0.29, 0.717) is 11.4 Å². The lowest BCUT2D eigenvalue weighted by Gasteiger charge is -2.31. The minimum atomic E-state index is -3.44. The lowest BCUT2D eigenvalue weighted by molar-refractivity contribution is -0.122. The predicted molar refractivity (Wildman–Crippen MR) is 95.6 cm³/mol. The largest absolute Gasteiger partial charge is 0.349 e. The summed E-state index contributed by atoms with van der Waals surface area (Å²) in [6.07, 6.45) is 4.45. The van der Waals surface area contributed by atoms with Gasteiger partial charge in [-0.2, -0.15) is 0 Å². The number of benzene rings is 1. The third kappa shape index (κ3) is 4.16. The number of sulfone groups is 1. The lowest BCUT2D eigenvalue weighted by atomic mass is 9.93. The van der Waals surface area contributed by atoms with Gasteiger partial charge >= 0.3 is 0 Å². The fraction of sp³-hybridized carbons (Fsp3) is 0.611. The van der Waals surface area contributed by atoms with Crippen molar-refractivity contribution in [2.24, 2.45) is 5.73 Å². The third-order valence-corrected chi connectivity index (χ3v) is 6.89. The molecule has 1 amide bonds. The van der Waals surface area contributed by atoms with Crippen LogP contribution in [-0.4, -0.2) is 32.2 Å². The van der Waals surface area contributed by atoms with E-state index >= 15 is 0 Å². The monoisotopic (exact) mass is 352 g/mol. The molecule has 1 aliphatic carbocycles. The van der Waals surface area contributed by atoms with Gasteiger partial charge in [-0.3, -0.25) is 4.79 Å². The zero-order valence-electron chi connectivity index (χ0n) is 14.6. The molecule has 134 valence electrons. The molecular formula is C18H28N2O3S. The van der Waals surface area contributed by atoms with Gasteiger partial charge in [0.15, 0.2) is 9.84 Å². The number of rotatable bonds is 8. The summed E-state index contributed by atoms with van der Waals surface area (Å²) in [5.74, 6) is -0.431.